The molecule has 360 valence electrons. The van der Waals surface area contributed by atoms with Crippen LogP contribution in [0.25, 0.3) is 0 Å². The number of aliphatic imine (C=N–C) groups is 5. The number of ketones is 10. The Morgan fingerprint density at radius 3 is 0.431 bits per heavy atom. The van der Waals surface area contributed by atoms with Crippen molar-refractivity contribution in [1.29, 1.82) is 0 Å². The Morgan fingerprint density at radius 1 is 0.236 bits per heavy atom. The number of carbonyl (C=O) groups excluding carboxylic acids is 20. The third-order valence-electron chi connectivity index (χ3n) is 6.71. The van der Waals surface area contributed by atoms with Crippen LogP contribution in [-0.2, 0) is 133 Å². The Morgan fingerprint density at radius 2 is 0.347 bits per heavy atom. The molecule has 72 heavy (non-hydrogen) atoms. The fourth-order valence-electron chi connectivity index (χ4n) is 3.76. The molecule has 0 aliphatic carbocycles. The van der Waals surface area contributed by atoms with Crippen molar-refractivity contribution in [2.45, 2.75) is 0 Å². The average molecular weight is 1080 g/mol. The van der Waals surface area contributed by atoms with Gasteiger partial charge >= 0.3 is 37.1 Å². The molecule has 0 amide bonds. The zero-order valence-corrected chi connectivity index (χ0v) is 36.1. The first-order chi connectivity index (χ1) is 32.2. The van der Waals surface area contributed by atoms with Crippen molar-refractivity contribution in [3.8, 4) is 0 Å². The van der Waals surface area contributed by atoms with Crippen molar-refractivity contribution in [2.24, 2.45) is 25.0 Å². The number of Topliss-reactive ketones (excluding diaryl/α,β-unsaturated/α-hetero) is 5. The zero-order valence-electron chi connectivity index (χ0n) is 33.3. The van der Waals surface area contributed by atoms with Gasteiger partial charge in [-0.1, -0.05) is 0 Å². The van der Waals surface area contributed by atoms with Crippen LogP contribution in [0.5, 0.6) is 0 Å². The summed E-state index contributed by atoms with van der Waals surface area (Å²) in [5.74, 6) is -32.7. The summed E-state index contributed by atoms with van der Waals surface area (Å²) in [7, 11) is 0. The van der Waals surface area contributed by atoms with E-state index in [1.165, 1.54) is 0 Å². The SMILES string of the molecule is O=C([O-])C1=CC(=O)C(=O)C(C(=O)[O-])=N1.O=C([O-])C1=CC(=O)C(=O)C(C(=O)[O-])=N1.O=C([O-])C1=CC(=O)C(=O)C(C(=O)[O-])=N1.O=C([O-])C1=CC(=O)C(=O)C(C(=O)[O-])=N1.O=C([O-])C1=CC(=O)C(=O)C(C(=O)[O-])=N1.[V+5].[V+5]. The van der Waals surface area contributed by atoms with E-state index in [0.717, 1.165) is 0 Å². The maximum Gasteiger partial charge on any atom is 5.00 e. The van der Waals surface area contributed by atoms with Crippen LogP contribution in [0.3, 0.4) is 0 Å². The number of carboxylic acids is 10. The van der Waals surface area contributed by atoms with Crippen molar-refractivity contribution in [3.05, 3.63) is 58.9 Å². The summed E-state index contributed by atoms with van der Waals surface area (Å²) in [6, 6.07) is 0. The number of allylic oxidation sites excluding steroid dienone is 5. The van der Waals surface area contributed by atoms with Crippen molar-refractivity contribution in [2.75, 3.05) is 0 Å². The smallest absolute Gasteiger partial charge is 0.543 e. The number of hydrogen-bond donors (Lipinski definition) is 0. The molecule has 0 aromatic heterocycles. The Bertz CT molecular complexity index is 2560. The number of rotatable bonds is 10. The second-order valence-electron chi connectivity index (χ2n) is 11.3. The van der Waals surface area contributed by atoms with Crippen LogP contribution in [0.2, 0.25) is 0 Å². The van der Waals surface area contributed by atoms with E-state index in [2.05, 4.69) is 25.0 Å². The van der Waals surface area contributed by atoms with Crippen LogP contribution in [0.15, 0.2) is 83.8 Å². The van der Waals surface area contributed by atoms with Crippen LogP contribution in [0, 0.1) is 0 Å². The zero-order chi connectivity index (χ0) is 54.4. The van der Waals surface area contributed by atoms with Crippen molar-refractivity contribution in [1.82, 2.24) is 0 Å². The number of carbonyl (C=O) groups is 20. The van der Waals surface area contributed by atoms with Crippen LogP contribution in [0.4, 0.5) is 0 Å². The van der Waals surface area contributed by atoms with Crippen molar-refractivity contribution >= 4 is 146 Å². The second kappa shape index (κ2) is 26.8. The van der Waals surface area contributed by atoms with E-state index in [9.17, 15) is 147 Å². The molecule has 0 saturated carbocycles. The Kier molecular flexibility index (Phi) is 23.7. The fraction of sp³-hybridized carbons (Fsp3) is 0. The molecule has 0 N–H and O–H groups in total. The molecule has 5 rings (SSSR count). The Balaban J connectivity index is 0. The molecule has 0 atom stereocenters. The minimum Gasteiger partial charge on any atom is -0.543 e. The molecule has 0 aromatic rings. The summed E-state index contributed by atoms with van der Waals surface area (Å²) in [6.45, 7) is 0. The van der Waals surface area contributed by atoms with Gasteiger partial charge in [0.25, 0.3) is 28.9 Å². The monoisotopic (exact) mass is 1080 g/mol. The van der Waals surface area contributed by atoms with Crippen LogP contribution in [0.1, 0.15) is 0 Å². The fourth-order valence-corrected chi connectivity index (χ4v) is 3.76. The summed E-state index contributed by atoms with van der Waals surface area (Å²) in [4.78, 5) is 224. The molecule has 5 aliphatic rings. The molecule has 0 unspecified atom stereocenters. The predicted octanol–water partition coefficient (Wildman–Crippen LogP) is -20.2. The Hall–Kier alpha value is -10.4. The van der Waals surface area contributed by atoms with E-state index < -0.39 is 175 Å². The van der Waals surface area contributed by atoms with Gasteiger partial charge in [-0.3, -0.25) is 47.9 Å². The third-order valence-corrected chi connectivity index (χ3v) is 6.71. The van der Waals surface area contributed by atoms with Gasteiger partial charge in [-0.05, 0) is 0 Å². The molecule has 0 bridgehead atoms. The van der Waals surface area contributed by atoms with Gasteiger partial charge in [0, 0.05) is 30.4 Å². The second-order valence-corrected chi connectivity index (χ2v) is 11.3. The summed E-state index contributed by atoms with van der Waals surface area (Å²) in [5, 5.41) is 102. The first-order valence-corrected chi connectivity index (χ1v) is 16.2. The molecule has 0 spiro atoms. The summed E-state index contributed by atoms with van der Waals surface area (Å²) in [5.41, 5.74) is -10.7. The van der Waals surface area contributed by atoms with Crippen LogP contribution >= 0.6 is 0 Å². The van der Waals surface area contributed by atoms with Crippen molar-refractivity contribution < 1.29 is 184 Å². The summed E-state index contributed by atoms with van der Waals surface area (Å²) >= 11 is 0. The molecular weight excluding hydrogens is 1070 g/mol. The third kappa shape index (κ3) is 17.0. The topological polar surface area (TPSA) is 634 Å². The Labute approximate surface area is 412 Å². The number of hydrogen-bond acceptors (Lipinski definition) is 35. The van der Waals surface area contributed by atoms with E-state index >= 15 is 0 Å². The van der Waals surface area contributed by atoms with Crippen LogP contribution < -0.4 is 51.1 Å². The molecule has 35 nitrogen and oxygen atoms in total. The molecule has 37 heteroatoms. The molecule has 5 heterocycles. The maximum atomic E-state index is 10.8. The van der Waals surface area contributed by atoms with Gasteiger partial charge in [0.05, 0.1) is 88.2 Å². The van der Waals surface area contributed by atoms with E-state index in [1.807, 2.05) is 0 Å². The first kappa shape index (κ1) is 63.7. The van der Waals surface area contributed by atoms with E-state index in [-0.39, 0.29) is 37.1 Å². The molecule has 0 fully saturated rings. The quantitative estimate of drug-likeness (QED) is 0.183. The maximum absolute atomic E-state index is 10.8. The van der Waals surface area contributed by atoms with Crippen LogP contribution in [-0.4, -0.2) is 146 Å². The van der Waals surface area contributed by atoms with E-state index in [0.29, 0.717) is 30.4 Å². The minimum atomic E-state index is -2.00. The molecule has 5 aliphatic heterocycles. The number of aliphatic carboxylic acids is 10. The predicted molar refractivity (Wildman–Crippen MR) is 178 cm³/mol. The van der Waals surface area contributed by atoms with E-state index in [4.69, 9.17) is 0 Å². The molecular formula is C35H5N5O30V2. The number of carboxylic acid groups (broad SMARTS) is 10. The van der Waals surface area contributed by atoms with Gasteiger partial charge in [0.15, 0.2) is 0 Å². The molecule has 0 radical (unpaired) electrons. The van der Waals surface area contributed by atoms with Gasteiger partial charge in [-0.2, -0.15) is 0 Å². The van der Waals surface area contributed by atoms with Gasteiger partial charge in [0.2, 0.25) is 28.9 Å². The molecule has 0 aromatic carbocycles. The summed E-state index contributed by atoms with van der Waals surface area (Å²) < 4.78 is 0. The number of nitrogens with zero attached hydrogens (tertiary/aromatic N) is 5. The van der Waals surface area contributed by atoms with Gasteiger partial charge in [0.1, 0.15) is 28.6 Å². The largest absolute Gasteiger partial charge is 5.00 e. The van der Waals surface area contributed by atoms with E-state index in [1.54, 1.807) is 0 Å². The molecule has 0 saturated heterocycles. The van der Waals surface area contributed by atoms with Gasteiger partial charge in [-0.15, -0.1) is 0 Å². The normalized spacial score (nSPS) is 15.6. The first-order valence-electron chi connectivity index (χ1n) is 16.2. The van der Waals surface area contributed by atoms with Crippen molar-refractivity contribution in [3.63, 3.8) is 0 Å². The average Bonchev–Trinajstić information content (AvgIpc) is 3.25. The standard InChI is InChI=1S/5C7H3NO6.2V/c5*9-3-1-2(6(11)12)8-4(5(3)10)7(13)14;;/h5*1H,(H,11,12)(H,13,14);;/q;;;;;2*+5/p-10. The van der Waals surface area contributed by atoms with Gasteiger partial charge < -0.3 is 99.0 Å². The minimum absolute atomic E-state index is 0. The summed E-state index contributed by atoms with van der Waals surface area (Å²) in [6.07, 6.45) is 1.96. The van der Waals surface area contributed by atoms with Gasteiger partial charge in [-0.25, -0.2) is 25.0 Å².